The highest BCUT2D eigenvalue weighted by atomic mass is 16.8. The van der Waals surface area contributed by atoms with Gasteiger partial charge < -0.3 is 44.8 Å². The van der Waals surface area contributed by atoms with E-state index in [4.69, 9.17) is 14.2 Å². The maximum atomic E-state index is 10.5. The molecule has 0 radical (unpaired) electrons. The normalized spacial score (nSPS) is 54.4. The highest BCUT2D eigenvalue weighted by Gasteiger charge is 2.56. The molecule has 0 aromatic heterocycles. The van der Waals surface area contributed by atoms with Crippen molar-refractivity contribution in [3.8, 4) is 0 Å². The molecule has 0 unspecified atom stereocenters. The van der Waals surface area contributed by atoms with Crippen molar-refractivity contribution < 1.29 is 44.8 Å². The first-order valence-electron chi connectivity index (χ1n) is 7.95. The number of aliphatic hydroxyl groups is 6. The molecule has 1 saturated heterocycles. The van der Waals surface area contributed by atoms with Crippen LogP contribution in [0.1, 0.15) is 19.8 Å². The van der Waals surface area contributed by atoms with Gasteiger partial charge in [0.05, 0.1) is 24.4 Å². The van der Waals surface area contributed by atoms with Gasteiger partial charge in [-0.05, 0) is 31.8 Å². The highest BCUT2D eigenvalue weighted by molar-refractivity contribution is 5.06. The molecular formula is C15H24O9. The second kappa shape index (κ2) is 6.19. The van der Waals surface area contributed by atoms with Crippen LogP contribution >= 0.6 is 0 Å². The molecule has 138 valence electrons. The molecule has 3 aliphatic rings. The van der Waals surface area contributed by atoms with Gasteiger partial charge in [0, 0.05) is 0 Å². The summed E-state index contributed by atoms with van der Waals surface area (Å²) in [7, 11) is 0. The van der Waals surface area contributed by atoms with E-state index < -0.39 is 54.8 Å². The Labute approximate surface area is 138 Å². The largest absolute Gasteiger partial charge is 0.472 e. The molecule has 0 amide bonds. The number of fused-ring (bicyclic) bond motifs is 1. The molecule has 1 aliphatic carbocycles. The van der Waals surface area contributed by atoms with Crippen LogP contribution in [0.15, 0.2) is 12.3 Å². The summed E-state index contributed by atoms with van der Waals surface area (Å²) in [5.41, 5.74) is -1.05. The number of hydrogen-bond donors (Lipinski definition) is 6. The third-order valence-corrected chi connectivity index (χ3v) is 5.22. The third kappa shape index (κ3) is 2.85. The van der Waals surface area contributed by atoms with Gasteiger partial charge >= 0.3 is 0 Å². The zero-order valence-corrected chi connectivity index (χ0v) is 13.2. The number of rotatable bonds is 3. The van der Waals surface area contributed by atoms with Crippen LogP contribution in [0.2, 0.25) is 0 Å². The molecule has 0 spiro atoms. The fourth-order valence-electron chi connectivity index (χ4n) is 3.73. The molecular weight excluding hydrogens is 324 g/mol. The van der Waals surface area contributed by atoms with Crippen molar-refractivity contribution in [2.45, 2.75) is 62.0 Å². The Balaban J connectivity index is 1.78. The maximum Gasteiger partial charge on any atom is 0.221 e. The van der Waals surface area contributed by atoms with Gasteiger partial charge in [-0.2, -0.15) is 0 Å². The minimum absolute atomic E-state index is 0.0201. The minimum Gasteiger partial charge on any atom is -0.472 e. The Morgan fingerprint density at radius 2 is 1.88 bits per heavy atom. The smallest absolute Gasteiger partial charge is 0.221 e. The van der Waals surface area contributed by atoms with Gasteiger partial charge in [0.15, 0.2) is 6.29 Å². The summed E-state index contributed by atoms with van der Waals surface area (Å²) < 4.78 is 16.0. The summed E-state index contributed by atoms with van der Waals surface area (Å²) >= 11 is 0. The van der Waals surface area contributed by atoms with Crippen molar-refractivity contribution in [1.82, 2.24) is 0 Å². The Hall–Kier alpha value is -0.780. The number of ether oxygens (including phenoxy) is 3. The Kier molecular flexibility index (Phi) is 4.65. The predicted molar refractivity (Wildman–Crippen MR) is 76.9 cm³/mol. The zero-order chi connectivity index (χ0) is 17.7. The van der Waals surface area contributed by atoms with E-state index >= 15 is 0 Å². The van der Waals surface area contributed by atoms with Crippen LogP contribution in [0.5, 0.6) is 0 Å². The SMILES string of the molecule is C[C@]1(O)CC[C@H]2C=CO[C@@H](O[C@H]3O[C@@](O)(CO)[C@@H](O)[C@H](O)[C@H]3O)[C@H]21. The molecule has 24 heavy (non-hydrogen) atoms. The van der Waals surface area contributed by atoms with E-state index in [0.717, 1.165) is 6.42 Å². The van der Waals surface area contributed by atoms with Crippen molar-refractivity contribution in [1.29, 1.82) is 0 Å². The Morgan fingerprint density at radius 1 is 1.17 bits per heavy atom. The predicted octanol–water partition coefficient (Wildman–Crippen LogP) is -2.23. The molecule has 1 saturated carbocycles. The molecule has 9 atom stereocenters. The van der Waals surface area contributed by atoms with Crippen molar-refractivity contribution >= 4 is 0 Å². The molecule has 6 N–H and O–H groups in total. The van der Waals surface area contributed by atoms with Crippen LogP contribution in [-0.4, -0.2) is 79.5 Å². The summed E-state index contributed by atoms with van der Waals surface area (Å²) in [4.78, 5) is 0. The van der Waals surface area contributed by atoms with Crippen LogP contribution in [0.25, 0.3) is 0 Å². The van der Waals surface area contributed by atoms with Crippen molar-refractivity contribution in [2.75, 3.05) is 6.61 Å². The fraction of sp³-hybridized carbons (Fsp3) is 0.867. The van der Waals surface area contributed by atoms with E-state index in [1.165, 1.54) is 6.26 Å². The first-order valence-corrected chi connectivity index (χ1v) is 7.95. The lowest BCUT2D eigenvalue weighted by Crippen LogP contribution is -2.67. The second-order valence-corrected chi connectivity index (χ2v) is 6.97. The van der Waals surface area contributed by atoms with Gasteiger partial charge in [-0.15, -0.1) is 0 Å². The quantitative estimate of drug-likeness (QED) is 0.333. The number of hydrogen-bond acceptors (Lipinski definition) is 9. The first kappa shape index (κ1) is 18.0. The van der Waals surface area contributed by atoms with Crippen LogP contribution < -0.4 is 0 Å². The average Bonchev–Trinajstić information content (AvgIpc) is 2.87. The van der Waals surface area contributed by atoms with Crippen molar-refractivity contribution in [2.24, 2.45) is 11.8 Å². The monoisotopic (exact) mass is 348 g/mol. The van der Waals surface area contributed by atoms with Crippen LogP contribution in [0.4, 0.5) is 0 Å². The summed E-state index contributed by atoms with van der Waals surface area (Å²) in [6.07, 6.45) is -3.37. The molecule has 2 fully saturated rings. The Bertz CT molecular complexity index is 495. The van der Waals surface area contributed by atoms with E-state index in [-0.39, 0.29) is 5.92 Å². The van der Waals surface area contributed by atoms with E-state index in [1.54, 1.807) is 6.92 Å². The Morgan fingerprint density at radius 3 is 2.54 bits per heavy atom. The maximum absolute atomic E-state index is 10.5. The van der Waals surface area contributed by atoms with E-state index in [1.807, 2.05) is 6.08 Å². The molecule has 9 nitrogen and oxygen atoms in total. The molecule has 0 aromatic rings. The van der Waals surface area contributed by atoms with Crippen molar-refractivity contribution in [3.63, 3.8) is 0 Å². The van der Waals surface area contributed by atoms with Crippen LogP contribution in [-0.2, 0) is 14.2 Å². The van der Waals surface area contributed by atoms with E-state index in [9.17, 15) is 30.6 Å². The second-order valence-electron chi connectivity index (χ2n) is 6.97. The van der Waals surface area contributed by atoms with Gasteiger partial charge in [-0.3, -0.25) is 0 Å². The van der Waals surface area contributed by atoms with Gasteiger partial charge in [0.2, 0.25) is 12.1 Å². The first-order chi connectivity index (χ1) is 11.2. The van der Waals surface area contributed by atoms with Gasteiger partial charge in [0.25, 0.3) is 0 Å². The lowest BCUT2D eigenvalue weighted by molar-refractivity contribution is -0.417. The summed E-state index contributed by atoms with van der Waals surface area (Å²) in [5.74, 6) is -2.89. The van der Waals surface area contributed by atoms with Crippen LogP contribution in [0.3, 0.4) is 0 Å². The molecule has 3 rings (SSSR count). The van der Waals surface area contributed by atoms with Gasteiger partial charge in [0.1, 0.15) is 18.3 Å². The van der Waals surface area contributed by atoms with Crippen molar-refractivity contribution in [3.05, 3.63) is 12.3 Å². The molecule has 0 bridgehead atoms. The summed E-state index contributed by atoms with van der Waals surface area (Å²) in [6.45, 7) is 0.657. The zero-order valence-electron chi connectivity index (χ0n) is 13.2. The molecule has 2 heterocycles. The van der Waals surface area contributed by atoms with Gasteiger partial charge in [-0.25, -0.2) is 0 Å². The molecule has 9 heteroatoms. The lowest BCUT2D eigenvalue weighted by atomic mass is 9.85. The average molecular weight is 348 g/mol. The highest BCUT2D eigenvalue weighted by Crippen LogP contribution is 2.46. The minimum atomic E-state index is -2.48. The van der Waals surface area contributed by atoms with Gasteiger partial charge in [-0.1, -0.05) is 0 Å². The summed E-state index contributed by atoms with van der Waals surface area (Å²) in [6, 6.07) is 0. The number of aliphatic hydroxyl groups excluding tert-OH is 4. The third-order valence-electron chi connectivity index (χ3n) is 5.22. The van der Waals surface area contributed by atoms with E-state index in [2.05, 4.69) is 0 Å². The van der Waals surface area contributed by atoms with E-state index in [0.29, 0.717) is 6.42 Å². The lowest BCUT2D eigenvalue weighted by Gasteiger charge is -2.46. The fourth-order valence-corrected chi connectivity index (χ4v) is 3.73. The molecule has 0 aromatic carbocycles. The molecule has 2 aliphatic heterocycles. The standard InChI is InChI=1S/C15H24O9/c1-14(20)4-2-7-3-5-22-12(8(7)14)23-13-10(18)9(17)11(19)15(21,6-16)24-13/h3,5,7-13,16-21H,2,4,6H2,1H3/t7-,8-,9+,10+,11-,12-,13-,14-,15-/m0/s1. The number of allylic oxidation sites excluding steroid dienone is 1. The summed E-state index contributed by atoms with van der Waals surface area (Å²) in [5, 5.41) is 59.4. The van der Waals surface area contributed by atoms with Crippen LogP contribution in [0, 0.1) is 11.8 Å². The topological polar surface area (TPSA) is 149 Å².